The molecule has 114 valence electrons. The Labute approximate surface area is 120 Å². The number of aryl methyl sites for hydroxylation is 2. The van der Waals surface area contributed by atoms with Crippen LogP contribution in [0.2, 0.25) is 0 Å². The summed E-state index contributed by atoms with van der Waals surface area (Å²) in [5.41, 5.74) is 1.18. The Morgan fingerprint density at radius 1 is 1.48 bits per heavy atom. The van der Waals surface area contributed by atoms with Crippen molar-refractivity contribution in [1.29, 1.82) is 0 Å². The lowest BCUT2D eigenvalue weighted by Gasteiger charge is -2.02. The summed E-state index contributed by atoms with van der Waals surface area (Å²) < 4.78 is 32.7. The second-order valence-electron chi connectivity index (χ2n) is 4.41. The molecule has 2 rings (SSSR count). The summed E-state index contributed by atoms with van der Waals surface area (Å²) in [4.78, 5) is 10.4. The zero-order valence-electron chi connectivity index (χ0n) is 11.4. The highest BCUT2D eigenvalue weighted by molar-refractivity contribution is 7.92. The Bertz CT molecular complexity index is 761. The van der Waals surface area contributed by atoms with Gasteiger partial charge in [0.1, 0.15) is 4.90 Å². The van der Waals surface area contributed by atoms with Gasteiger partial charge in [-0.3, -0.25) is 9.48 Å². The maximum absolute atomic E-state index is 12.1. The lowest BCUT2D eigenvalue weighted by atomic mass is 10.3. The van der Waals surface area contributed by atoms with E-state index in [1.54, 1.807) is 13.8 Å². The van der Waals surface area contributed by atoms with Crippen LogP contribution in [0.1, 0.15) is 17.7 Å². The quantitative estimate of drug-likeness (QED) is 0.805. The molecule has 10 heteroatoms. The average Bonchev–Trinajstić information content (AvgIpc) is 2.99. The number of carboxylic acid groups (broad SMARTS) is 1. The van der Waals surface area contributed by atoms with E-state index in [2.05, 4.69) is 15.0 Å². The molecule has 0 aliphatic heterocycles. The van der Waals surface area contributed by atoms with Crippen LogP contribution in [-0.4, -0.2) is 34.4 Å². The summed E-state index contributed by atoms with van der Waals surface area (Å²) in [6, 6.07) is 0. The molecule has 0 aliphatic rings. The molecule has 0 spiro atoms. The fourth-order valence-corrected chi connectivity index (χ4v) is 2.51. The van der Waals surface area contributed by atoms with Crippen molar-refractivity contribution >= 4 is 21.9 Å². The van der Waals surface area contributed by atoms with E-state index in [0.717, 1.165) is 6.20 Å². The molecule has 9 nitrogen and oxygen atoms in total. The van der Waals surface area contributed by atoms with E-state index in [4.69, 9.17) is 9.63 Å². The summed E-state index contributed by atoms with van der Waals surface area (Å²) in [5, 5.41) is 16.0. The number of aliphatic carboxylic acids is 1. The molecular formula is C11H14N4O5S. The Kier molecular flexibility index (Phi) is 3.98. The maximum Gasteiger partial charge on any atom is 0.305 e. The number of sulfonamides is 1. The molecule has 0 saturated carbocycles. The third-order valence-electron chi connectivity index (χ3n) is 2.86. The number of rotatable bonds is 6. The summed E-state index contributed by atoms with van der Waals surface area (Å²) in [5.74, 6) is -0.938. The predicted molar refractivity (Wildman–Crippen MR) is 71.3 cm³/mol. The van der Waals surface area contributed by atoms with Crippen LogP contribution in [0.15, 0.2) is 21.8 Å². The van der Waals surface area contributed by atoms with Gasteiger partial charge >= 0.3 is 5.97 Å². The van der Waals surface area contributed by atoms with Gasteiger partial charge in [-0.15, -0.1) is 0 Å². The van der Waals surface area contributed by atoms with Crippen molar-refractivity contribution < 1.29 is 22.8 Å². The van der Waals surface area contributed by atoms with Crippen molar-refractivity contribution in [2.75, 3.05) is 4.72 Å². The average molecular weight is 314 g/mol. The number of nitrogens with one attached hydrogen (secondary N) is 1. The van der Waals surface area contributed by atoms with Gasteiger partial charge in [-0.2, -0.15) is 5.10 Å². The summed E-state index contributed by atoms with van der Waals surface area (Å²) in [6.45, 7) is 3.46. The number of carboxylic acids is 1. The second-order valence-corrected chi connectivity index (χ2v) is 6.09. The van der Waals surface area contributed by atoms with Crippen LogP contribution in [0.5, 0.6) is 0 Å². The van der Waals surface area contributed by atoms with E-state index < -0.39 is 16.0 Å². The van der Waals surface area contributed by atoms with Crippen molar-refractivity contribution in [2.24, 2.45) is 0 Å². The highest BCUT2D eigenvalue weighted by Gasteiger charge is 2.20. The maximum atomic E-state index is 12.1. The standard InChI is InChI=1S/C11H14N4O5S/c1-7-8(2)13-20-11(7)14-21(18,19)9-5-12-15(6-9)4-3-10(16)17/h5-6,14H,3-4H2,1-2H3,(H,16,17). The van der Waals surface area contributed by atoms with Crippen molar-refractivity contribution in [1.82, 2.24) is 14.9 Å². The normalized spacial score (nSPS) is 11.5. The van der Waals surface area contributed by atoms with Gasteiger partial charge in [0, 0.05) is 11.8 Å². The lowest BCUT2D eigenvalue weighted by Crippen LogP contribution is -2.12. The van der Waals surface area contributed by atoms with Crippen molar-refractivity contribution in [2.45, 2.75) is 31.7 Å². The molecule has 0 atom stereocenters. The number of aromatic nitrogens is 3. The Hall–Kier alpha value is -2.36. The van der Waals surface area contributed by atoms with E-state index in [9.17, 15) is 13.2 Å². The fraction of sp³-hybridized carbons (Fsp3) is 0.364. The first-order chi connectivity index (χ1) is 9.79. The summed E-state index contributed by atoms with van der Waals surface area (Å²) in [6.07, 6.45) is 2.25. The Morgan fingerprint density at radius 3 is 2.76 bits per heavy atom. The third kappa shape index (κ3) is 3.40. The fourth-order valence-electron chi connectivity index (χ4n) is 1.51. The summed E-state index contributed by atoms with van der Waals surface area (Å²) in [7, 11) is -3.85. The van der Waals surface area contributed by atoms with E-state index in [1.807, 2.05) is 0 Å². The molecular weight excluding hydrogens is 300 g/mol. The third-order valence-corrected chi connectivity index (χ3v) is 4.14. The minimum atomic E-state index is -3.85. The zero-order chi connectivity index (χ0) is 15.6. The van der Waals surface area contributed by atoms with Crippen LogP contribution in [0.25, 0.3) is 0 Å². The van der Waals surface area contributed by atoms with Crippen molar-refractivity contribution in [3.63, 3.8) is 0 Å². The topological polar surface area (TPSA) is 127 Å². The number of hydrogen-bond acceptors (Lipinski definition) is 6. The van der Waals surface area contributed by atoms with E-state index in [0.29, 0.717) is 11.3 Å². The van der Waals surface area contributed by atoms with Crippen LogP contribution in [0.3, 0.4) is 0 Å². The molecule has 0 radical (unpaired) electrons. The number of hydrogen-bond donors (Lipinski definition) is 2. The van der Waals surface area contributed by atoms with E-state index in [1.165, 1.54) is 10.9 Å². The zero-order valence-corrected chi connectivity index (χ0v) is 12.2. The van der Waals surface area contributed by atoms with Crippen molar-refractivity contribution in [3.05, 3.63) is 23.7 Å². The molecule has 21 heavy (non-hydrogen) atoms. The van der Waals surface area contributed by atoms with Gasteiger partial charge in [0.05, 0.1) is 24.9 Å². The molecule has 0 aliphatic carbocycles. The van der Waals surface area contributed by atoms with E-state index >= 15 is 0 Å². The first-order valence-corrected chi connectivity index (χ1v) is 7.48. The smallest absolute Gasteiger partial charge is 0.305 e. The van der Waals surface area contributed by atoms with Crippen LogP contribution in [0.4, 0.5) is 5.88 Å². The van der Waals surface area contributed by atoms with Gasteiger partial charge in [0.15, 0.2) is 0 Å². The SMILES string of the molecule is Cc1noc(NS(=O)(=O)c2cnn(CCC(=O)O)c2)c1C. The van der Waals surface area contributed by atoms with Crippen LogP contribution in [0, 0.1) is 13.8 Å². The lowest BCUT2D eigenvalue weighted by molar-refractivity contribution is -0.137. The van der Waals surface area contributed by atoms with Gasteiger partial charge in [-0.1, -0.05) is 5.16 Å². The predicted octanol–water partition coefficient (Wildman–Crippen LogP) is 0.763. The van der Waals surface area contributed by atoms with Crippen LogP contribution in [-0.2, 0) is 21.4 Å². The second kappa shape index (κ2) is 5.56. The minimum Gasteiger partial charge on any atom is -0.481 e. The molecule has 2 aromatic rings. The Morgan fingerprint density at radius 2 is 2.19 bits per heavy atom. The first-order valence-electron chi connectivity index (χ1n) is 5.99. The van der Waals surface area contributed by atoms with Gasteiger partial charge < -0.3 is 9.63 Å². The highest BCUT2D eigenvalue weighted by atomic mass is 32.2. The first kappa shape index (κ1) is 15.0. The minimum absolute atomic E-state index is 0.0470. The monoisotopic (exact) mass is 314 g/mol. The van der Waals surface area contributed by atoms with E-state index in [-0.39, 0.29) is 23.7 Å². The molecule has 0 aromatic carbocycles. The molecule has 2 heterocycles. The Balaban J connectivity index is 2.16. The highest BCUT2D eigenvalue weighted by Crippen LogP contribution is 2.21. The molecule has 0 unspecified atom stereocenters. The molecule has 0 fully saturated rings. The molecule has 0 bridgehead atoms. The van der Waals surface area contributed by atoms with Gasteiger partial charge in [0.2, 0.25) is 5.88 Å². The number of nitrogens with zero attached hydrogens (tertiary/aromatic N) is 3. The van der Waals surface area contributed by atoms with Crippen LogP contribution >= 0.6 is 0 Å². The van der Waals surface area contributed by atoms with Gasteiger partial charge in [-0.05, 0) is 13.8 Å². The molecule has 2 aromatic heterocycles. The van der Waals surface area contributed by atoms with Gasteiger partial charge in [0.25, 0.3) is 10.0 Å². The van der Waals surface area contributed by atoms with Crippen LogP contribution < -0.4 is 4.72 Å². The number of carbonyl (C=O) groups is 1. The number of anilines is 1. The van der Waals surface area contributed by atoms with Gasteiger partial charge in [-0.25, -0.2) is 13.1 Å². The molecule has 2 N–H and O–H groups in total. The molecule has 0 amide bonds. The molecule has 0 saturated heterocycles. The largest absolute Gasteiger partial charge is 0.481 e. The summed E-state index contributed by atoms with van der Waals surface area (Å²) >= 11 is 0. The van der Waals surface area contributed by atoms with Crippen molar-refractivity contribution in [3.8, 4) is 0 Å².